The van der Waals surface area contributed by atoms with Gasteiger partial charge in [0.2, 0.25) is 0 Å². The van der Waals surface area contributed by atoms with Crippen LogP contribution in [-0.2, 0) is 0 Å². The van der Waals surface area contributed by atoms with Gasteiger partial charge in [-0.3, -0.25) is 0 Å². The van der Waals surface area contributed by atoms with E-state index in [1.165, 1.54) is 16.7 Å². The molecule has 4 nitrogen and oxygen atoms in total. The minimum Gasteiger partial charge on any atom is -0.382 e. The number of benzene rings is 2. The third-order valence-electron chi connectivity index (χ3n) is 4.29. The van der Waals surface area contributed by atoms with Crippen LogP contribution in [-0.4, -0.2) is 15.0 Å². The van der Waals surface area contributed by atoms with Crippen LogP contribution in [0.1, 0.15) is 22.3 Å². The molecule has 0 atom stereocenters. The summed E-state index contributed by atoms with van der Waals surface area (Å²) >= 11 is 0. The molecule has 0 fully saturated rings. The molecule has 2 N–H and O–H groups in total. The fraction of sp³-hybridized carbons (Fsp3) is 0.222. The van der Waals surface area contributed by atoms with E-state index in [4.69, 9.17) is 5.73 Å². The quantitative estimate of drug-likeness (QED) is 0.782. The van der Waals surface area contributed by atoms with Crippen LogP contribution in [0.15, 0.2) is 36.4 Å². The Kier molecular flexibility index (Phi) is 3.45. The smallest absolute Gasteiger partial charge is 0.155 e. The summed E-state index contributed by atoms with van der Waals surface area (Å²) in [6, 6.07) is 12.3. The average molecular weight is 292 g/mol. The Morgan fingerprint density at radius 1 is 0.909 bits per heavy atom. The number of aryl methyl sites for hydroxylation is 3. The van der Waals surface area contributed by atoms with E-state index in [1.54, 1.807) is 4.68 Å². The van der Waals surface area contributed by atoms with E-state index in [0.717, 1.165) is 22.5 Å². The molecule has 0 saturated carbocycles. The second kappa shape index (κ2) is 5.30. The van der Waals surface area contributed by atoms with Crippen LogP contribution in [0, 0.1) is 27.7 Å². The first-order chi connectivity index (χ1) is 10.5. The highest BCUT2D eigenvalue weighted by Crippen LogP contribution is 2.28. The summed E-state index contributed by atoms with van der Waals surface area (Å²) in [6.45, 7) is 8.33. The van der Waals surface area contributed by atoms with Crippen LogP contribution in [0.4, 0.5) is 5.82 Å². The maximum atomic E-state index is 6.31. The lowest BCUT2D eigenvalue weighted by molar-refractivity contribution is 0.804. The molecule has 0 aliphatic rings. The van der Waals surface area contributed by atoms with Crippen molar-refractivity contribution in [3.63, 3.8) is 0 Å². The lowest BCUT2D eigenvalue weighted by Crippen LogP contribution is -2.05. The molecule has 0 unspecified atom stereocenters. The van der Waals surface area contributed by atoms with Gasteiger partial charge in [-0.1, -0.05) is 29.5 Å². The average Bonchev–Trinajstić information content (AvgIpc) is 2.87. The maximum absolute atomic E-state index is 6.31. The van der Waals surface area contributed by atoms with E-state index in [2.05, 4.69) is 56.2 Å². The summed E-state index contributed by atoms with van der Waals surface area (Å²) in [5.41, 5.74) is 13.8. The molecule has 3 aromatic rings. The van der Waals surface area contributed by atoms with Crippen molar-refractivity contribution in [2.24, 2.45) is 0 Å². The maximum Gasteiger partial charge on any atom is 0.155 e. The highest BCUT2D eigenvalue weighted by molar-refractivity contribution is 5.72. The molecule has 0 spiro atoms. The van der Waals surface area contributed by atoms with E-state index < -0.39 is 0 Å². The Bertz CT molecular complexity index is 846. The second-order valence-corrected chi connectivity index (χ2v) is 5.75. The molecule has 3 rings (SSSR count). The first kappa shape index (κ1) is 14.3. The molecular weight excluding hydrogens is 272 g/mol. The van der Waals surface area contributed by atoms with Gasteiger partial charge in [0.15, 0.2) is 5.82 Å². The number of anilines is 1. The van der Waals surface area contributed by atoms with E-state index in [1.807, 2.05) is 18.2 Å². The van der Waals surface area contributed by atoms with Gasteiger partial charge in [-0.15, -0.1) is 5.10 Å². The van der Waals surface area contributed by atoms with Gasteiger partial charge in [0.05, 0.1) is 5.69 Å². The SMILES string of the molecule is Cc1ccc(-c2nnn(-c3cccc(C)c3C)c2N)cc1C. The predicted octanol–water partition coefficient (Wildman–Crippen LogP) is 3.75. The number of rotatable bonds is 2. The van der Waals surface area contributed by atoms with Crippen molar-refractivity contribution in [3.05, 3.63) is 58.7 Å². The molecule has 0 radical (unpaired) electrons. The summed E-state index contributed by atoms with van der Waals surface area (Å²) in [6.07, 6.45) is 0. The first-order valence-corrected chi connectivity index (χ1v) is 7.34. The second-order valence-electron chi connectivity index (χ2n) is 5.75. The van der Waals surface area contributed by atoms with Crippen LogP contribution in [0.25, 0.3) is 16.9 Å². The van der Waals surface area contributed by atoms with Gasteiger partial charge < -0.3 is 5.73 Å². The zero-order valence-corrected chi connectivity index (χ0v) is 13.4. The predicted molar refractivity (Wildman–Crippen MR) is 90.2 cm³/mol. The standard InChI is InChI=1S/C18H20N4/c1-11-8-9-15(10-13(11)3)17-18(19)22(21-20-17)16-7-5-6-12(2)14(16)4/h5-10H,19H2,1-4H3. The summed E-state index contributed by atoms with van der Waals surface area (Å²) < 4.78 is 1.72. The molecular formula is C18H20N4. The van der Waals surface area contributed by atoms with E-state index >= 15 is 0 Å². The zero-order valence-electron chi connectivity index (χ0n) is 13.4. The van der Waals surface area contributed by atoms with Crippen molar-refractivity contribution in [1.29, 1.82) is 0 Å². The lowest BCUT2D eigenvalue weighted by atomic mass is 10.0. The fourth-order valence-corrected chi connectivity index (χ4v) is 2.53. The zero-order chi connectivity index (χ0) is 15.9. The Morgan fingerprint density at radius 3 is 2.41 bits per heavy atom. The molecule has 0 saturated heterocycles. The van der Waals surface area contributed by atoms with Crippen molar-refractivity contribution < 1.29 is 0 Å². The molecule has 2 aromatic carbocycles. The molecule has 0 aliphatic carbocycles. The number of hydrogen-bond acceptors (Lipinski definition) is 3. The topological polar surface area (TPSA) is 56.7 Å². The fourth-order valence-electron chi connectivity index (χ4n) is 2.53. The molecule has 0 aliphatic heterocycles. The Hall–Kier alpha value is -2.62. The van der Waals surface area contributed by atoms with Gasteiger partial charge in [0.25, 0.3) is 0 Å². The van der Waals surface area contributed by atoms with Crippen LogP contribution in [0.3, 0.4) is 0 Å². The summed E-state index contributed by atoms with van der Waals surface area (Å²) in [5.74, 6) is 0.567. The molecule has 112 valence electrons. The van der Waals surface area contributed by atoms with Crippen LogP contribution < -0.4 is 5.73 Å². The van der Waals surface area contributed by atoms with Crippen LogP contribution in [0.5, 0.6) is 0 Å². The van der Waals surface area contributed by atoms with Gasteiger partial charge in [0, 0.05) is 5.56 Å². The van der Waals surface area contributed by atoms with Gasteiger partial charge >= 0.3 is 0 Å². The van der Waals surface area contributed by atoms with E-state index in [9.17, 15) is 0 Å². The Labute approximate surface area is 130 Å². The third-order valence-corrected chi connectivity index (χ3v) is 4.29. The monoisotopic (exact) mass is 292 g/mol. The summed E-state index contributed by atoms with van der Waals surface area (Å²) in [5, 5.41) is 8.55. The summed E-state index contributed by atoms with van der Waals surface area (Å²) in [7, 11) is 0. The first-order valence-electron chi connectivity index (χ1n) is 7.34. The van der Waals surface area contributed by atoms with Gasteiger partial charge in [-0.05, 0) is 62.1 Å². The molecule has 0 amide bonds. The lowest BCUT2D eigenvalue weighted by Gasteiger charge is -2.09. The highest BCUT2D eigenvalue weighted by atomic mass is 15.5. The van der Waals surface area contributed by atoms with Crippen molar-refractivity contribution in [3.8, 4) is 16.9 Å². The minimum absolute atomic E-state index is 0.567. The van der Waals surface area contributed by atoms with E-state index in [-0.39, 0.29) is 0 Å². The van der Waals surface area contributed by atoms with Gasteiger partial charge in [-0.25, -0.2) is 0 Å². The molecule has 0 bridgehead atoms. The minimum atomic E-state index is 0.567. The number of hydrogen-bond donors (Lipinski definition) is 1. The van der Waals surface area contributed by atoms with Crippen LogP contribution in [0.2, 0.25) is 0 Å². The number of aromatic nitrogens is 3. The van der Waals surface area contributed by atoms with Crippen LogP contribution >= 0.6 is 0 Å². The Balaban J connectivity index is 2.13. The number of nitrogen functional groups attached to an aromatic ring is 1. The van der Waals surface area contributed by atoms with Gasteiger partial charge in [-0.2, -0.15) is 4.68 Å². The summed E-state index contributed by atoms with van der Waals surface area (Å²) in [4.78, 5) is 0. The van der Waals surface area contributed by atoms with Crippen molar-refractivity contribution in [1.82, 2.24) is 15.0 Å². The van der Waals surface area contributed by atoms with Crippen molar-refractivity contribution in [2.75, 3.05) is 5.73 Å². The van der Waals surface area contributed by atoms with E-state index in [0.29, 0.717) is 5.82 Å². The highest BCUT2D eigenvalue weighted by Gasteiger charge is 2.15. The molecule has 4 heteroatoms. The van der Waals surface area contributed by atoms with Crippen molar-refractivity contribution >= 4 is 5.82 Å². The molecule has 1 heterocycles. The third kappa shape index (κ3) is 2.26. The van der Waals surface area contributed by atoms with Crippen molar-refractivity contribution in [2.45, 2.75) is 27.7 Å². The molecule has 22 heavy (non-hydrogen) atoms. The largest absolute Gasteiger partial charge is 0.382 e. The van der Waals surface area contributed by atoms with Gasteiger partial charge in [0.1, 0.15) is 5.69 Å². The Morgan fingerprint density at radius 2 is 1.68 bits per heavy atom. The normalized spacial score (nSPS) is 10.9. The molecule has 1 aromatic heterocycles. The number of nitrogens with zero attached hydrogens (tertiary/aromatic N) is 3. The number of nitrogens with two attached hydrogens (primary N) is 1.